The van der Waals surface area contributed by atoms with Crippen molar-refractivity contribution in [2.75, 3.05) is 26.2 Å². The molecule has 3 rings (SSSR count). The maximum Gasteiger partial charge on any atom is 0.407 e. The van der Waals surface area contributed by atoms with E-state index in [1.54, 1.807) is 6.92 Å². The number of carbonyl (C=O) groups is 3. The molecule has 1 atom stereocenters. The number of likely N-dealkylation sites (N-methyl/N-ethyl adjacent to an activating group) is 1. The number of benzene rings is 2. The standard InChI is InChI=1S/C25H30N2O5/c1-3-9-17(24(30)27(4-2)15-23(28)29)14-26-25(31)32-16-22-20-12-7-5-10-18(20)19-11-6-8-13-21(19)22/h5-8,10-13,17,22H,3-4,9,14-16H2,1-2H3,(H,26,31)(H,28,29). The molecule has 7 heteroatoms. The number of hydrogen-bond donors (Lipinski definition) is 2. The lowest BCUT2D eigenvalue weighted by Gasteiger charge is -2.25. The summed E-state index contributed by atoms with van der Waals surface area (Å²) in [5.74, 6) is -1.84. The maximum absolute atomic E-state index is 12.7. The van der Waals surface area contributed by atoms with Crippen molar-refractivity contribution >= 4 is 18.0 Å². The number of aliphatic carboxylic acids is 1. The molecule has 0 fully saturated rings. The number of hydrogen-bond acceptors (Lipinski definition) is 4. The molecule has 0 bridgehead atoms. The van der Waals surface area contributed by atoms with Crippen LogP contribution in [0.25, 0.3) is 11.1 Å². The molecule has 2 N–H and O–H groups in total. The number of carboxylic acid groups (broad SMARTS) is 1. The fourth-order valence-corrected chi connectivity index (χ4v) is 4.28. The van der Waals surface area contributed by atoms with Gasteiger partial charge in [-0.2, -0.15) is 0 Å². The molecular weight excluding hydrogens is 408 g/mol. The number of rotatable bonds is 10. The molecule has 1 unspecified atom stereocenters. The molecule has 2 aromatic rings. The summed E-state index contributed by atoms with van der Waals surface area (Å²) in [5.41, 5.74) is 4.58. The van der Waals surface area contributed by atoms with Crippen LogP contribution in [0.4, 0.5) is 4.79 Å². The fourth-order valence-electron chi connectivity index (χ4n) is 4.28. The molecule has 1 aliphatic carbocycles. The Hall–Kier alpha value is -3.35. The van der Waals surface area contributed by atoms with Gasteiger partial charge in [0.15, 0.2) is 0 Å². The molecule has 0 radical (unpaired) electrons. The predicted molar refractivity (Wildman–Crippen MR) is 121 cm³/mol. The second-order valence-corrected chi connectivity index (χ2v) is 7.94. The minimum Gasteiger partial charge on any atom is -0.480 e. The van der Waals surface area contributed by atoms with Crippen molar-refractivity contribution in [3.05, 3.63) is 59.7 Å². The highest BCUT2D eigenvalue weighted by molar-refractivity contribution is 5.84. The molecule has 1 aliphatic rings. The Labute approximate surface area is 188 Å². The molecule has 7 nitrogen and oxygen atoms in total. The molecule has 0 aromatic heterocycles. The van der Waals surface area contributed by atoms with Crippen molar-refractivity contribution in [1.29, 1.82) is 0 Å². The SMILES string of the molecule is CCCC(CNC(=O)OCC1c2ccccc2-c2ccccc21)C(=O)N(CC)CC(=O)O. The van der Waals surface area contributed by atoms with E-state index in [2.05, 4.69) is 29.6 Å². The normalized spacial score (nSPS) is 13.1. The lowest BCUT2D eigenvalue weighted by atomic mass is 9.98. The first-order valence-corrected chi connectivity index (χ1v) is 11.1. The molecule has 0 saturated carbocycles. The van der Waals surface area contributed by atoms with Crippen molar-refractivity contribution in [2.45, 2.75) is 32.6 Å². The smallest absolute Gasteiger partial charge is 0.407 e. The third-order valence-electron chi connectivity index (χ3n) is 5.84. The molecule has 0 spiro atoms. The van der Waals surface area contributed by atoms with Crippen molar-refractivity contribution < 1.29 is 24.2 Å². The summed E-state index contributed by atoms with van der Waals surface area (Å²) >= 11 is 0. The first-order chi connectivity index (χ1) is 15.5. The van der Waals surface area contributed by atoms with Crippen LogP contribution in [0, 0.1) is 5.92 Å². The van der Waals surface area contributed by atoms with Gasteiger partial charge in [0.25, 0.3) is 0 Å². The van der Waals surface area contributed by atoms with Crippen molar-refractivity contribution in [3.8, 4) is 11.1 Å². The van der Waals surface area contributed by atoms with Crippen LogP contribution in [0.5, 0.6) is 0 Å². The molecule has 2 aromatic carbocycles. The molecule has 0 saturated heterocycles. The number of ether oxygens (including phenoxy) is 1. The summed E-state index contributed by atoms with van der Waals surface area (Å²) in [6.07, 6.45) is 0.716. The molecule has 0 aliphatic heterocycles. The van der Waals surface area contributed by atoms with Gasteiger partial charge in [-0.15, -0.1) is 0 Å². The number of alkyl carbamates (subject to hydrolysis) is 1. The maximum atomic E-state index is 12.7. The van der Waals surface area contributed by atoms with E-state index < -0.39 is 18.0 Å². The summed E-state index contributed by atoms with van der Waals surface area (Å²) in [4.78, 5) is 37.5. The first-order valence-electron chi connectivity index (χ1n) is 11.1. The van der Waals surface area contributed by atoms with E-state index in [4.69, 9.17) is 9.84 Å². The van der Waals surface area contributed by atoms with Crippen LogP contribution >= 0.6 is 0 Å². The van der Waals surface area contributed by atoms with Gasteiger partial charge < -0.3 is 20.1 Å². The van der Waals surface area contributed by atoms with E-state index in [0.29, 0.717) is 13.0 Å². The summed E-state index contributed by atoms with van der Waals surface area (Å²) in [7, 11) is 0. The van der Waals surface area contributed by atoms with E-state index in [1.807, 2.05) is 31.2 Å². The Morgan fingerprint density at radius 2 is 1.62 bits per heavy atom. The summed E-state index contributed by atoms with van der Waals surface area (Å²) in [5, 5.41) is 11.7. The fraction of sp³-hybridized carbons (Fsp3) is 0.400. The van der Waals surface area contributed by atoms with Crippen molar-refractivity contribution in [1.82, 2.24) is 10.2 Å². The van der Waals surface area contributed by atoms with Gasteiger partial charge in [0, 0.05) is 19.0 Å². The lowest BCUT2D eigenvalue weighted by molar-refractivity contribution is -0.146. The van der Waals surface area contributed by atoms with Crippen LogP contribution in [-0.4, -0.2) is 54.2 Å². The van der Waals surface area contributed by atoms with Gasteiger partial charge in [-0.25, -0.2) is 4.79 Å². The number of nitrogens with zero attached hydrogens (tertiary/aromatic N) is 1. The second-order valence-electron chi connectivity index (χ2n) is 7.94. The van der Waals surface area contributed by atoms with E-state index in [-0.39, 0.29) is 31.5 Å². The van der Waals surface area contributed by atoms with Crippen LogP contribution in [0.1, 0.15) is 43.7 Å². The Morgan fingerprint density at radius 1 is 1.03 bits per heavy atom. The van der Waals surface area contributed by atoms with Gasteiger partial charge >= 0.3 is 12.1 Å². The van der Waals surface area contributed by atoms with Gasteiger partial charge in [0.05, 0.1) is 5.92 Å². The minimum atomic E-state index is -1.06. The zero-order chi connectivity index (χ0) is 23.1. The number of carboxylic acids is 1. The molecule has 32 heavy (non-hydrogen) atoms. The van der Waals surface area contributed by atoms with Gasteiger partial charge in [-0.05, 0) is 35.6 Å². The van der Waals surface area contributed by atoms with Gasteiger partial charge in [0.1, 0.15) is 13.2 Å². The summed E-state index contributed by atoms with van der Waals surface area (Å²) < 4.78 is 5.53. The van der Waals surface area contributed by atoms with Gasteiger partial charge in [-0.1, -0.05) is 61.9 Å². The van der Waals surface area contributed by atoms with Crippen LogP contribution in [0.3, 0.4) is 0 Å². The average Bonchev–Trinajstić information content (AvgIpc) is 3.12. The number of nitrogens with one attached hydrogen (secondary N) is 1. The Balaban J connectivity index is 1.59. The Morgan fingerprint density at radius 3 is 2.16 bits per heavy atom. The molecule has 170 valence electrons. The lowest BCUT2D eigenvalue weighted by Crippen LogP contribution is -2.43. The molecule has 0 heterocycles. The van der Waals surface area contributed by atoms with E-state index in [1.165, 1.54) is 4.90 Å². The van der Waals surface area contributed by atoms with Crippen LogP contribution in [-0.2, 0) is 14.3 Å². The summed E-state index contributed by atoms with van der Waals surface area (Å²) in [6, 6.07) is 16.2. The van der Waals surface area contributed by atoms with Gasteiger partial charge in [-0.3, -0.25) is 9.59 Å². The van der Waals surface area contributed by atoms with Crippen LogP contribution in [0.15, 0.2) is 48.5 Å². The van der Waals surface area contributed by atoms with Crippen molar-refractivity contribution in [3.63, 3.8) is 0 Å². The monoisotopic (exact) mass is 438 g/mol. The van der Waals surface area contributed by atoms with Crippen LogP contribution in [0.2, 0.25) is 0 Å². The van der Waals surface area contributed by atoms with E-state index >= 15 is 0 Å². The number of fused-ring (bicyclic) bond motifs is 3. The van der Waals surface area contributed by atoms with Gasteiger partial charge in [0.2, 0.25) is 5.91 Å². The highest BCUT2D eigenvalue weighted by atomic mass is 16.5. The molecular formula is C25H30N2O5. The second kappa shape index (κ2) is 10.8. The Kier molecular flexibility index (Phi) is 7.87. The predicted octanol–water partition coefficient (Wildman–Crippen LogP) is 3.87. The number of amides is 2. The quantitative estimate of drug-likeness (QED) is 0.587. The minimum absolute atomic E-state index is 0.0348. The van der Waals surface area contributed by atoms with E-state index in [9.17, 15) is 14.4 Å². The zero-order valence-corrected chi connectivity index (χ0v) is 18.5. The third-order valence-corrected chi connectivity index (χ3v) is 5.84. The largest absolute Gasteiger partial charge is 0.480 e. The Bertz CT molecular complexity index is 929. The molecule has 2 amide bonds. The average molecular weight is 439 g/mol. The van der Waals surface area contributed by atoms with Crippen molar-refractivity contribution in [2.24, 2.45) is 5.92 Å². The highest BCUT2D eigenvalue weighted by Crippen LogP contribution is 2.44. The van der Waals surface area contributed by atoms with E-state index in [0.717, 1.165) is 28.7 Å². The third kappa shape index (κ3) is 5.28. The topological polar surface area (TPSA) is 95.9 Å². The van der Waals surface area contributed by atoms with Crippen LogP contribution < -0.4 is 5.32 Å². The zero-order valence-electron chi connectivity index (χ0n) is 18.5. The first kappa shape index (κ1) is 23.3. The highest BCUT2D eigenvalue weighted by Gasteiger charge is 2.29. The number of carbonyl (C=O) groups excluding carboxylic acids is 2. The summed E-state index contributed by atoms with van der Waals surface area (Å²) in [6.45, 7) is 3.95.